The SMILES string of the molecule is Cc1cn(C)c(=O)c(NC(=O)NC(CC(=O)O)c2cccc(-c3cc(Cl)cc(Cl)c3)c2)c1O.[H-].[Na+]. The van der Waals surface area contributed by atoms with Gasteiger partial charge in [-0.1, -0.05) is 41.4 Å². The standard InChI is InChI=1S/C23H21Cl2N3O5.Na.H/c1-12-11-28(2)22(32)20(21(12)31)27-23(33)26-18(10-19(29)30)14-5-3-4-13(6-14)15-7-16(24)9-17(25)8-15;;/h3-9,11,18,31H,10H2,1-2H3,(H,29,30)(H2,26,27,33);;/q;+1;-1. The summed E-state index contributed by atoms with van der Waals surface area (Å²) in [4.78, 5) is 36.4. The van der Waals surface area contributed by atoms with E-state index < -0.39 is 30.0 Å². The number of nitrogens with one attached hydrogen (secondary N) is 2. The molecular weight excluding hydrogens is 492 g/mol. The molecule has 1 heterocycles. The van der Waals surface area contributed by atoms with E-state index in [9.17, 15) is 24.6 Å². The Morgan fingerprint density at radius 3 is 2.38 bits per heavy atom. The van der Waals surface area contributed by atoms with Crippen molar-refractivity contribution in [3.05, 3.63) is 80.2 Å². The maximum Gasteiger partial charge on any atom is 1.00 e. The number of pyridine rings is 1. The Hall–Kier alpha value is -2.49. The molecule has 3 aromatic rings. The van der Waals surface area contributed by atoms with Crippen LogP contribution in [0.2, 0.25) is 10.0 Å². The van der Waals surface area contributed by atoms with Gasteiger partial charge in [-0.25, -0.2) is 4.79 Å². The van der Waals surface area contributed by atoms with Crippen LogP contribution in [-0.2, 0) is 11.8 Å². The van der Waals surface area contributed by atoms with Crippen LogP contribution in [0.5, 0.6) is 5.75 Å². The number of aromatic hydroxyl groups is 1. The number of anilines is 1. The maximum absolute atomic E-state index is 12.6. The molecule has 0 radical (unpaired) electrons. The number of benzene rings is 2. The van der Waals surface area contributed by atoms with Gasteiger partial charge in [0.15, 0.2) is 5.69 Å². The van der Waals surface area contributed by atoms with Crippen molar-refractivity contribution in [3.63, 3.8) is 0 Å². The minimum absolute atomic E-state index is 0. The number of carboxylic acids is 1. The van der Waals surface area contributed by atoms with E-state index in [1.54, 1.807) is 49.4 Å². The van der Waals surface area contributed by atoms with E-state index in [2.05, 4.69) is 10.6 Å². The first-order chi connectivity index (χ1) is 15.5. The van der Waals surface area contributed by atoms with Crippen LogP contribution >= 0.6 is 23.2 Å². The predicted molar refractivity (Wildman–Crippen MR) is 128 cm³/mol. The summed E-state index contributed by atoms with van der Waals surface area (Å²) in [5.74, 6) is -1.49. The smallest absolute Gasteiger partial charge is 1.00 e. The molecule has 34 heavy (non-hydrogen) atoms. The molecule has 1 aromatic heterocycles. The normalized spacial score (nSPS) is 11.3. The van der Waals surface area contributed by atoms with E-state index >= 15 is 0 Å². The summed E-state index contributed by atoms with van der Waals surface area (Å²) in [6, 6.07) is 10.2. The van der Waals surface area contributed by atoms with Crippen LogP contribution < -0.4 is 45.8 Å². The Kier molecular flexibility index (Phi) is 9.61. The van der Waals surface area contributed by atoms with Gasteiger partial charge in [0.25, 0.3) is 5.56 Å². The number of amides is 2. The number of hydrogen-bond donors (Lipinski definition) is 4. The van der Waals surface area contributed by atoms with Crippen LogP contribution in [0.1, 0.15) is 25.0 Å². The van der Waals surface area contributed by atoms with Gasteiger partial charge in [0.1, 0.15) is 5.75 Å². The number of carboxylic acid groups (broad SMARTS) is 1. The maximum atomic E-state index is 12.6. The number of carbonyl (C=O) groups is 2. The number of carbonyl (C=O) groups excluding carboxylic acids is 1. The number of urea groups is 1. The van der Waals surface area contributed by atoms with Crippen molar-refractivity contribution in [2.75, 3.05) is 5.32 Å². The number of aromatic nitrogens is 1. The number of aryl methyl sites for hydroxylation is 2. The van der Waals surface area contributed by atoms with E-state index in [1.807, 2.05) is 0 Å². The van der Waals surface area contributed by atoms with Crippen LogP contribution in [0.15, 0.2) is 53.5 Å². The van der Waals surface area contributed by atoms with E-state index in [-0.39, 0.29) is 42.4 Å². The largest absolute Gasteiger partial charge is 1.00 e. The van der Waals surface area contributed by atoms with Crippen molar-refractivity contribution in [2.45, 2.75) is 19.4 Å². The Morgan fingerprint density at radius 2 is 1.76 bits per heavy atom. The van der Waals surface area contributed by atoms with Crippen molar-refractivity contribution in [3.8, 4) is 16.9 Å². The van der Waals surface area contributed by atoms with Gasteiger partial charge in [-0.3, -0.25) is 9.59 Å². The molecule has 0 aliphatic carbocycles. The third-order valence-electron chi connectivity index (χ3n) is 4.94. The van der Waals surface area contributed by atoms with Gasteiger partial charge < -0.3 is 26.8 Å². The molecule has 2 aromatic carbocycles. The van der Waals surface area contributed by atoms with Gasteiger partial charge in [0, 0.05) is 28.9 Å². The third-order valence-corrected chi connectivity index (χ3v) is 5.38. The molecule has 0 aliphatic heterocycles. The topological polar surface area (TPSA) is 121 Å². The van der Waals surface area contributed by atoms with Crippen molar-refractivity contribution >= 4 is 40.9 Å². The minimum Gasteiger partial charge on any atom is -1.00 e. The van der Waals surface area contributed by atoms with Crippen LogP contribution in [-0.4, -0.2) is 26.8 Å². The molecule has 0 aliphatic rings. The van der Waals surface area contributed by atoms with Gasteiger partial charge >= 0.3 is 41.6 Å². The molecule has 1 unspecified atom stereocenters. The Morgan fingerprint density at radius 1 is 1.12 bits per heavy atom. The zero-order valence-electron chi connectivity index (χ0n) is 19.7. The van der Waals surface area contributed by atoms with E-state index in [1.165, 1.54) is 17.8 Å². The summed E-state index contributed by atoms with van der Waals surface area (Å²) in [5.41, 5.74) is 1.44. The minimum atomic E-state index is -1.13. The molecule has 0 saturated heterocycles. The zero-order valence-corrected chi connectivity index (χ0v) is 22.2. The molecule has 0 bridgehead atoms. The molecule has 174 valence electrons. The molecule has 4 N–H and O–H groups in total. The molecule has 0 saturated carbocycles. The second-order valence-corrected chi connectivity index (χ2v) is 8.36. The van der Waals surface area contributed by atoms with Crippen LogP contribution in [0.3, 0.4) is 0 Å². The Labute approximate surface area is 229 Å². The van der Waals surface area contributed by atoms with E-state index in [0.717, 1.165) is 11.1 Å². The zero-order chi connectivity index (χ0) is 24.3. The van der Waals surface area contributed by atoms with Gasteiger partial charge in [-0.2, -0.15) is 0 Å². The fourth-order valence-electron chi connectivity index (χ4n) is 3.39. The monoisotopic (exact) mass is 513 g/mol. The van der Waals surface area contributed by atoms with Gasteiger partial charge in [-0.15, -0.1) is 0 Å². The van der Waals surface area contributed by atoms with Crippen molar-refractivity contribution < 1.29 is 50.8 Å². The number of nitrogens with zero attached hydrogens (tertiary/aromatic N) is 1. The average Bonchev–Trinajstić information content (AvgIpc) is 2.74. The number of halogens is 2. The van der Waals surface area contributed by atoms with E-state index in [0.29, 0.717) is 21.2 Å². The Balaban J connectivity index is 0.00000306. The first-order valence-corrected chi connectivity index (χ1v) is 10.6. The van der Waals surface area contributed by atoms with Crippen LogP contribution in [0.4, 0.5) is 10.5 Å². The van der Waals surface area contributed by atoms with Gasteiger partial charge in [0.05, 0.1) is 12.5 Å². The second kappa shape index (κ2) is 11.8. The average molecular weight is 514 g/mol. The molecule has 11 heteroatoms. The summed E-state index contributed by atoms with van der Waals surface area (Å²) in [7, 11) is 1.48. The van der Waals surface area contributed by atoms with Crippen molar-refractivity contribution in [2.24, 2.45) is 7.05 Å². The second-order valence-electron chi connectivity index (χ2n) is 7.48. The Bertz CT molecular complexity index is 1280. The molecule has 2 amide bonds. The summed E-state index contributed by atoms with van der Waals surface area (Å²) in [6.07, 6.45) is 1.02. The fourth-order valence-corrected chi connectivity index (χ4v) is 3.91. The summed E-state index contributed by atoms with van der Waals surface area (Å²) in [6.45, 7) is 1.58. The summed E-state index contributed by atoms with van der Waals surface area (Å²) < 4.78 is 1.22. The summed E-state index contributed by atoms with van der Waals surface area (Å²) in [5, 5.41) is 25.3. The van der Waals surface area contributed by atoms with Crippen molar-refractivity contribution in [1.82, 2.24) is 9.88 Å². The van der Waals surface area contributed by atoms with Crippen LogP contribution in [0.25, 0.3) is 11.1 Å². The van der Waals surface area contributed by atoms with Gasteiger partial charge in [0.2, 0.25) is 0 Å². The first kappa shape index (κ1) is 27.8. The summed E-state index contributed by atoms with van der Waals surface area (Å²) >= 11 is 12.2. The molecule has 0 spiro atoms. The number of hydrogen-bond acceptors (Lipinski definition) is 4. The van der Waals surface area contributed by atoms with Gasteiger partial charge in [-0.05, 0) is 47.9 Å². The number of aliphatic carboxylic acids is 1. The van der Waals surface area contributed by atoms with E-state index in [4.69, 9.17) is 23.2 Å². The molecule has 0 fully saturated rings. The fraction of sp³-hybridized carbons (Fsp3) is 0.174. The molecule has 1 atom stereocenters. The number of rotatable bonds is 6. The van der Waals surface area contributed by atoms with Crippen molar-refractivity contribution in [1.29, 1.82) is 0 Å². The molecule has 3 rings (SSSR count). The van der Waals surface area contributed by atoms with Crippen LogP contribution in [0, 0.1) is 6.92 Å². The quantitative estimate of drug-likeness (QED) is 0.374. The predicted octanol–water partition coefficient (Wildman–Crippen LogP) is 1.83. The first-order valence-electron chi connectivity index (χ1n) is 9.80. The molecule has 8 nitrogen and oxygen atoms in total. The molecular formula is C23H22Cl2N3NaO5. The third kappa shape index (κ3) is 6.77.